The molecule has 0 spiro atoms. The predicted molar refractivity (Wildman–Crippen MR) is 80.9 cm³/mol. The fraction of sp³-hybridized carbons (Fsp3) is 1.00. The molecule has 17 heavy (non-hydrogen) atoms. The van der Waals surface area contributed by atoms with Gasteiger partial charge < -0.3 is 0 Å². The lowest BCUT2D eigenvalue weighted by atomic mass is 9.80. The Bertz CT molecular complexity index is 164. The van der Waals surface area contributed by atoms with E-state index in [4.69, 9.17) is 11.6 Å². The van der Waals surface area contributed by atoms with E-state index in [0.29, 0.717) is 11.8 Å². The lowest BCUT2D eigenvalue weighted by molar-refractivity contribution is 0.295. The lowest BCUT2D eigenvalue weighted by Gasteiger charge is -2.35. The second-order valence-electron chi connectivity index (χ2n) is 6.11. The quantitative estimate of drug-likeness (QED) is 0.314. The van der Waals surface area contributed by atoms with Gasteiger partial charge in [0.15, 0.2) is 0 Å². The Balaban J connectivity index is 3.70. The summed E-state index contributed by atoms with van der Waals surface area (Å²) in [6, 6.07) is 0. The minimum Gasteiger partial charge on any atom is -0.119 e. The summed E-state index contributed by atoms with van der Waals surface area (Å²) in [6.45, 7) is 11.3. The fourth-order valence-corrected chi connectivity index (χ4v) is 2.73. The maximum absolute atomic E-state index is 6.77. The molecule has 0 aliphatic carbocycles. The van der Waals surface area contributed by atoms with Crippen LogP contribution in [0.25, 0.3) is 0 Å². The van der Waals surface area contributed by atoms with Crippen molar-refractivity contribution in [1.82, 2.24) is 0 Å². The van der Waals surface area contributed by atoms with E-state index in [9.17, 15) is 0 Å². The molecule has 0 saturated carbocycles. The van der Waals surface area contributed by atoms with Crippen LogP contribution < -0.4 is 0 Å². The average molecular weight is 261 g/mol. The molecule has 0 atom stereocenters. The Labute approximate surface area is 115 Å². The molecule has 0 aliphatic rings. The molecule has 0 aromatic heterocycles. The van der Waals surface area contributed by atoms with Crippen molar-refractivity contribution in [1.29, 1.82) is 0 Å². The summed E-state index contributed by atoms with van der Waals surface area (Å²) in [5.41, 5.74) is 0. The third-order valence-corrected chi connectivity index (χ3v) is 5.14. The van der Waals surface area contributed by atoms with Crippen LogP contribution in [0.5, 0.6) is 0 Å². The molecule has 0 unspecified atom stereocenters. The first kappa shape index (κ1) is 17.3. The molecule has 1 heteroatoms. The van der Waals surface area contributed by atoms with Gasteiger partial charge in [-0.2, -0.15) is 0 Å². The number of hydrogen-bond donors (Lipinski definition) is 0. The van der Waals surface area contributed by atoms with E-state index in [0.717, 1.165) is 0 Å². The molecule has 0 bridgehead atoms. The molecule has 104 valence electrons. The van der Waals surface area contributed by atoms with Crippen LogP contribution in [0.15, 0.2) is 0 Å². The van der Waals surface area contributed by atoms with Crippen LogP contribution in [-0.2, 0) is 0 Å². The number of alkyl halides is 1. The monoisotopic (exact) mass is 260 g/mol. The van der Waals surface area contributed by atoms with Crippen molar-refractivity contribution in [3.8, 4) is 0 Å². The maximum atomic E-state index is 6.77. The Kier molecular flexibility index (Phi) is 9.41. The molecule has 0 N–H and O–H groups in total. The first-order valence-electron chi connectivity index (χ1n) is 7.64. The summed E-state index contributed by atoms with van der Waals surface area (Å²) in [5, 5.41) is 0. The van der Waals surface area contributed by atoms with Crippen molar-refractivity contribution in [2.45, 2.75) is 90.9 Å². The first-order chi connectivity index (χ1) is 7.95. The van der Waals surface area contributed by atoms with Crippen molar-refractivity contribution in [3.63, 3.8) is 0 Å². The molecule has 0 radical (unpaired) electrons. The molecule has 0 nitrogen and oxygen atoms in total. The maximum Gasteiger partial charge on any atom is 0.0492 e. The average Bonchev–Trinajstić information content (AvgIpc) is 2.27. The molecule has 0 fully saturated rings. The highest BCUT2D eigenvalue weighted by Crippen LogP contribution is 2.38. The highest BCUT2D eigenvalue weighted by molar-refractivity contribution is 6.24. The second kappa shape index (κ2) is 9.25. The molecular weight excluding hydrogens is 228 g/mol. The number of hydrogen-bond acceptors (Lipinski definition) is 0. The van der Waals surface area contributed by atoms with E-state index < -0.39 is 0 Å². The molecule has 0 saturated heterocycles. The number of rotatable bonds is 10. The van der Waals surface area contributed by atoms with Crippen LogP contribution in [-0.4, -0.2) is 4.87 Å². The van der Waals surface area contributed by atoms with Gasteiger partial charge in [0.05, 0.1) is 0 Å². The normalized spacial score (nSPS) is 12.7. The van der Waals surface area contributed by atoms with Gasteiger partial charge in [0, 0.05) is 4.87 Å². The highest BCUT2D eigenvalue weighted by atomic mass is 35.5. The van der Waals surface area contributed by atoms with Crippen molar-refractivity contribution in [2.24, 2.45) is 11.8 Å². The Hall–Kier alpha value is 0.290. The summed E-state index contributed by atoms with van der Waals surface area (Å²) in [6.07, 6.45) is 10.8. The summed E-state index contributed by atoms with van der Waals surface area (Å²) in [5.74, 6) is 1.15. The molecular formula is C16H33Cl. The van der Waals surface area contributed by atoms with E-state index in [1.54, 1.807) is 0 Å². The van der Waals surface area contributed by atoms with E-state index in [1.807, 2.05) is 0 Å². The van der Waals surface area contributed by atoms with Gasteiger partial charge in [0.2, 0.25) is 0 Å². The van der Waals surface area contributed by atoms with E-state index in [1.165, 1.54) is 51.4 Å². The molecule has 0 aromatic carbocycles. The van der Waals surface area contributed by atoms with Crippen molar-refractivity contribution >= 4 is 11.6 Å². The lowest BCUT2D eigenvalue weighted by Crippen LogP contribution is -2.34. The van der Waals surface area contributed by atoms with Gasteiger partial charge in [0.1, 0.15) is 0 Å². The van der Waals surface area contributed by atoms with Gasteiger partial charge in [-0.05, 0) is 18.3 Å². The minimum atomic E-state index is 0.0173. The van der Waals surface area contributed by atoms with E-state index >= 15 is 0 Å². The predicted octanol–water partition coefficient (Wildman–Crippen LogP) is 6.42. The van der Waals surface area contributed by atoms with Crippen LogP contribution in [0.3, 0.4) is 0 Å². The van der Waals surface area contributed by atoms with Crippen molar-refractivity contribution < 1.29 is 0 Å². The highest BCUT2D eigenvalue weighted by Gasteiger charge is 2.33. The van der Waals surface area contributed by atoms with Crippen molar-refractivity contribution in [3.05, 3.63) is 0 Å². The van der Waals surface area contributed by atoms with Crippen LogP contribution in [0, 0.1) is 11.8 Å². The molecule has 0 amide bonds. The van der Waals surface area contributed by atoms with Gasteiger partial charge in [-0.25, -0.2) is 0 Å². The standard InChI is InChI=1S/C16H33Cl/c1-6-7-8-9-10-11-12-13-16(17,14(2)3)15(4)5/h14-15H,6-13H2,1-5H3. The van der Waals surface area contributed by atoms with Gasteiger partial charge in [-0.1, -0.05) is 79.6 Å². The van der Waals surface area contributed by atoms with E-state index in [2.05, 4.69) is 34.6 Å². The van der Waals surface area contributed by atoms with Gasteiger partial charge in [0.25, 0.3) is 0 Å². The summed E-state index contributed by atoms with van der Waals surface area (Å²) >= 11 is 6.77. The summed E-state index contributed by atoms with van der Waals surface area (Å²) in [7, 11) is 0. The Morgan fingerprint density at radius 1 is 0.765 bits per heavy atom. The number of unbranched alkanes of at least 4 members (excludes halogenated alkanes) is 6. The van der Waals surface area contributed by atoms with Crippen LogP contribution in [0.1, 0.15) is 86.0 Å². The molecule has 0 heterocycles. The number of halogens is 1. The first-order valence-corrected chi connectivity index (χ1v) is 8.01. The van der Waals surface area contributed by atoms with Crippen molar-refractivity contribution in [2.75, 3.05) is 0 Å². The minimum absolute atomic E-state index is 0.0173. The third-order valence-electron chi connectivity index (χ3n) is 4.08. The van der Waals surface area contributed by atoms with Gasteiger partial charge >= 0.3 is 0 Å². The summed E-state index contributed by atoms with van der Waals surface area (Å²) < 4.78 is 0. The Morgan fingerprint density at radius 3 is 1.59 bits per heavy atom. The second-order valence-corrected chi connectivity index (χ2v) is 6.81. The summed E-state index contributed by atoms with van der Waals surface area (Å²) in [4.78, 5) is 0.0173. The SMILES string of the molecule is CCCCCCCCCC(Cl)(C(C)C)C(C)C. The molecule has 0 rings (SSSR count). The van der Waals surface area contributed by atoms with Gasteiger partial charge in [-0.3, -0.25) is 0 Å². The zero-order chi connectivity index (χ0) is 13.3. The zero-order valence-electron chi connectivity index (χ0n) is 12.7. The van der Waals surface area contributed by atoms with Crippen LogP contribution in [0.2, 0.25) is 0 Å². The molecule has 0 aliphatic heterocycles. The zero-order valence-corrected chi connectivity index (χ0v) is 13.4. The third kappa shape index (κ3) is 6.70. The largest absolute Gasteiger partial charge is 0.119 e. The van der Waals surface area contributed by atoms with Crippen LogP contribution >= 0.6 is 11.6 Å². The van der Waals surface area contributed by atoms with Gasteiger partial charge in [-0.15, -0.1) is 11.6 Å². The Morgan fingerprint density at radius 2 is 1.18 bits per heavy atom. The topological polar surface area (TPSA) is 0 Å². The van der Waals surface area contributed by atoms with Crippen LogP contribution in [0.4, 0.5) is 0 Å². The molecule has 0 aromatic rings. The smallest absolute Gasteiger partial charge is 0.0492 e. The fourth-order valence-electron chi connectivity index (χ4n) is 2.60. The van der Waals surface area contributed by atoms with E-state index in [-0.39, 0.29) is 4.87 Å².